The van der Waals surface area contributed by atoms with Gasteiger partial charge in [0.2, 0.25) is 0 Å². The second-order valence-corrected chi connectivity index (χ2v) is 10.4. The third-order valence-corrected chi connectivity index (χ3v) is 7.15. The maximum atomic E-state index is 13.0. The quantitative estimate of drug-likeness (QED) is 0.674. The van der Waals surface area contributed by atoms with Crippen molar-refractivity contribution in [3.63, 3.8) is 0 Å². The Kier molecular flexibility index (Phi) is 6.91. The summed E-state index contributed by atoms with van der Waals surface area (Å²) in [4.78, 5) is 25.5. The number of hydrogen-bond donors (Lipinski definition) is 1. The molecule has 1 aromatic rings. The van der Waals surface area contributed by atoms with Gasteiger partial charge in [0.25, 0.3) is 5.91 Å². The molecule has 4 heterocycles. The number of fused-ring (bicyclic) bond motifs is 1. The first-order valence-corrected chi connectivity index (χ1v) is 12.0. The van der Waals surface area contributed by atoms with E-state index >= 15 is 0 Å². The lowest BCUT2D eigenvalue weighted by atomic mass is 9.76. The molecule has 2 fully saturated rings. The van der Waals surface area contributed by atoms with Crippen LogP contribution in [0.25, 0.3) is 0 Å². The lowest BCUT2D eigenvalue weighted by molar-refractivity contribution is -0.155. The summed E-state index contributed by atoms with van der Waals surface area (Å²) in [5.74, 6) is -0.213. The van der Waals surface area contributed by atoms with Gasteiger partial charge >= 0.3 is 5.97 Å². The Hall–Kier alpha value is -1.93. The van der Waals surface area contributed by atoms with Crippen molar-refractivity contribution in [2.24, 2.45) is 16.7 Å². The van der Waals surface area contributed by atoms with Gasteiger partial charge in [0.15, 0.2) is 0 Å². The maximum absolute atomic E-state index is 13.0. The van der Waals surface area contributed by atoms with E-state index in [1.165, 1.54) is 0 Å². The van der Waals surface area contributed by atoms with Gasteiger partial charge in [-0.3, -0.25) is 14.3 Å². The molecule has 1 aromatic heterocycles. The summed E-state index contributed by atoms with van der Waals surface area (Å²) in [6, 6.07) is 0. The van der Waals surface area contributed by atoms with Crippen LogP contribution in [0.1, 0.15) is 68.2 Å². The largest absolute Gasteiger partial charge is 0.465 e. The second-order valence-electron chi connectivity index (χ2n) is 10.4. The van der Waals surface area contributed by atoms with Gasteiger partial charge in [-0.2, -0.15) is 5.10 Å². The van der Waals surface area contributed by atoms with Crippen LogP contribution in [0.3, 0.4) is 0 Å². The van der Waals surface area contributed by atoms with Crippen LogP contribution in [0.15, 0.2) is 0 Å². The minimum Gasteiger partial charge on any atom is -0.465 e. The number of carbonyl (C=O) groups is 2. The first-order valence-electron chi connectivity index (χ1n) is 12.0. The zero-order chi connectivity index (χ0) is 22.8. The molecular formula is C24H37N3O5. The molecule has 8 heteroatoms. The van der Waals surface area contributed by atoms with Crippen LogP contribution < -0.4 is 5.32 Å². The Morgan fingerprint density at radius 1 is 1.22 bits per heavy atom. The predicted molar refractivity (Wildman–Crippen MR) is 118 cm³/mol. The number of ether oxygens (including phenoxy) is 3. The van der Waals surface area contributed by atoms with E-state index in [1.807, 2.05) is 11.6 Å². The Labute approximate surface area is 190 Å². The molecular weight excluding hydrogens is 410 g/mol. The average molecular weight is 448 g/mol. The summed E-state index contributed by atoms with van der Waals surface area (Å²) in [6.07, 6.45) is 4.85. The zero-order valence-electron chi connectivity index (χ0n) is 19.7. The number of aryl methyl sites for hydroxylation is 1. The highest BCUT2D eigenvalue weighted by Crippen LogP contribution is 2.38. The Bertz CT molecular complexity index is 835. The molecule has 8 nitrogen and oxygen atoms in total. The fraction of sp³-hybridized carbons (Fsp3) is 0.792. The topological polar surface area (TPSA) is 91.7 Å². The highest BCUT2D eigenvalue weighted by molar-refractivity contribution is 5.97. The molecule has 2 saturated heterocycles. The maximum Gasteiger partial charge on any atom is 0.309 e. The number of carbonyl (C=O) groups excluding carboxylic acids is 2. The van der Waals surface area contributed by atoms with Crippen molar-refractivity contribution in [1.29, 1.82) is 0 Å². The SMILES string of the molecule is CCc1nn(CC(C)(C)COC(=O)C2CCOCC2)c2c1C(=O)NCC1(CCOCC1)C2. The standard InChI is InChI=1S/C24H37N3O5/c1-4-18-20-19(13-24(14-25-21(20)28)7-11-31-12-8-24)27(26-18)15-23(2,3)16-32-22(29)17-5-9-30-10-6-17/h17H,4-16H2,1-3H3,(H,25,28). The summed E-state index contributed by atoms with van der Waals surface area (Å²) in [6.45, 7) is 10.5. The van der Waals surface area contributed by atoms with Crippen LogP contribution in [0, 0.1) is 16.7 Å². The van der Waals surface area contributed by atoms with Crippen LogP contribution in [0.2, 0.25) is 0 Å². The number of aromatic nitrogens is 2. The van der Waals surface area contributed by atoms with Crippen LogP contribution in [0.5, 0.6) is 0 Å². The van der Waals surface area contributed by atoms with Gasteiger partial charge in [0.05, 0.1) is 29.5 Å². The Morgan fingerprint density at radius 3 is 2.59 bits per heavy atom. The molecule has 1 spiro atoms. The highest BCUT2D eigenvalue weighted by Gasteiger charge is 2.40. The van der Waals surface area contributed by atoms with Crippen molar-refractivity contribution < 1.29 is 23.8 Å². The van der Waals surface area contributed by atoms with E-state index in [1.54, 1.807) is 0 Å². The highest BCUT2D eigenvalue weighted by atomic mass is 16.5. The molecule has 178 valence electrons. The number of nitrogens with one attached hydrogen (secondary N) is 1. The summed E-state index contributed by atoms with van der Waals surface area (Å²) in [5, 5.41) is 8.01. The first kappa shape index (κ1) is 23.2. The first-order chi connectivity index (χ1) is 15.3. The second kappa shape index (κ2) is 9.51. The van der Waals surface area contributed by atoms with Crippen LogP contribution in [0.4, 0.5) is 0 Å². The summed E-state index contributed by atoms with van der Waals surface area (Å²) in [5.41, 5.74) is 2.31. The summed E-state index contributed by atoms with van der Waals surface area (Å²) < 4.78 is 18.7. The lowest BCUT2D eigenvalue weighted by Crippen LogP contribution is -2.41. The van der Waals surface area contributed by atoms with E-state index in [-0.39, 0.29) is 28.6 Å². The third kappa shape index (κ3) is 5.01. The molecule has 0 atom stereocenters. The van der Waals surface area contributed by atoms with E-state index in [2.05, 4.69) is 19.2 Å². The summed E-state index contributed by atoms with van der Waals surface area (Å²) in [7, 11) is 0. The van der Waals surface area contributed by atoms with Gasteiger partial charge in [0, 0.05) is 44.9 Å². The molecule has 0 aromatic carbocycles. The smallest absolute Gasteiger partial charge is 0.309 e. The Morgan fingerprint density at radius 2 is 1.91 bits per heavy atom. The minimum atomic E-state index is -0.308. The predicted octanol–water partition coefficient (Wildman–Crippen LogP) is 2.52. The Balaban J connectivity index is 1.51. The van der Waals surface area contributed by atoms with Crippen molar-refractivity contribution in [1.82, 2.24) is 15.1 Å². The van der Waals surface area contributed by atoms with E-state index < -0.39 is 0 Å². The van der Waals surface area contributed by atoms with Crippen LogP contribution >= 0.6 is 0 Å². The summed E-state index contributed by atoms with van der Waals surface area (Å²) >= 11 is 0. The van der Waals surface area contributed by atoms with Crippen molar-refractivity contribution in [3.05, 3.63) is 17.0 Å². The molecule has 0 bridgehead atoms. The van der Waals surface area contributed by atoms with Gasteiger partial charge in [-0.15, -0.1) is 0 Å². The number of amides is 1. The molecule has 32 heavy (non-hydrogen) atoms. The monoisotopic (exact) mass is 447 g/mol. The van der Waals surface area contributed by atoms with Gasteiger partial charge in [0.1, 0.15) is 0 Å². The number of nitrogens with zero attached hydrogens (tertiary/aromatic N) is 2. The van der Waals surface area contributed by atoms with E-state index in [0.717, 1.165) is 62.3 Å². The normalized spacial score (nSPS) is 21.7. The fourth-order valence-corrected chi connectivity index (χ4v) is 5.07. The molecule has 0 aliphatic carbocycles. The van der Waals surface area contributed by atoms with Crippen LogP contribution in [-0.4, -0.2) is 61.2 Å². The molecule has 1 amide bonds. The molecule has 3 aliphatic heterocycles. The van der Waals surface area contributed by atoms with Crippen LogP contribution in [-0.2, 0) is 38.4 Å². The van der Waals surface area contributed by atoms with E-state index in [0.29, 0.717) is 39.3 Å². The van der Waals surface area contributed by atoms with Crippen molar-refractivity contribution >= 4 is 11.9 Å². The number of rotatable bonds is 6. The van der Waals surface area contributed by atoms with Crippen molar-refractivity contribution in [2.45, 2.75) is 65.8 Å². The lowest BCUT2D eigenvalue weighted by Gasteiger charge is -2.36. The number of esters is 1. The number of hydrogen-bond acceptors (Lipinski definition) is 6. The average Bonchev–Trinajstić information content (AvgIpc) is 3.06. The van der Waals surface area contributed by atoms with E-state index in [4.69, 9.17) is 19.3 Å². The zero-order valence-corrected chi connectivity index (χ0v) is 19.7. The fourth-order valence-electron chi connectivity index (χ4n) is 5.07. The molecule has 0 radical (unpaired) electrons. The molecule has 0 unspecified atom stereocenters. The van der Waals surface area contributed by atoms with Crippen molar-refractivity contribution in [3.8, 4) is 0 Å². The van der Waals surface area contributed by atoms with Gasteiger partial charge in [-0.1, -0.05) is 20.8 Å². The minimum absolute atomic E-state index is 0.0155. The van der Waals surface area contributed by atoms with Gasteiger partial charge in [-0.25, -0.2) is 0 Å². The molecule has 0 saturated carbocycles. The third-order valence-electron chi connectivity index (χ3n) is 7.15. The van der Waals surface area contributed by atoms with Crippen molar-refractivity contribution in [2.75, 3.05) is 39.6 Å². The van der Waals surface area contributed by atoms with Gasteiger partial charge < -0.3 is 19.5 Å². The van der Waals surface area contributed by atoms with Gasteiger partial charge in [-0.05, 0) is 43.9 Å². The molecule has 1 N–H and O–H groups in total. The van der Waals surface area contributed by atoms with E-state index in [9.17, 15) is 9.59 Å². The molecule has 3 aliphatic rings. The molecule has 4 rings (SSSR count).